The van der Waals surface area contributed by atoms with Gasteiger partial charge < -0.3 is 19.3 Å². The van der Waals surface area contributed by atoms with Gasteiger partial charge in [0.2, 0.25) is 0 Å². The zero-order chi connectivity index (χ0) is 14.4. The first-order valence-corrected chi connectivity index (χ1v) is 6.01. The van der Waals surface area contributed by atoms with E-state index < -0.39 is 11.9 Å². The zero-order valence-corrected chi connectivity index (χ0v) is 11.3. The smallest absolute Gasteiger partial charge is 0.323 e. The van der Waals surface area contributed by atoms with Gasteiger partial charge in [-0.25, -0.2) is 0 Å². The van der Waals surface area contributed by atoms with E-state index in [9.17, 15) is 9.59 Å². The highest BCUT2D eigenvalue weighted by molar-refractivity contribution is 5.82. The molecule has 0 bridgehead atoms. The number of aliphatic carboxylic acids is 1. The van der Waals surface area contributed by atoms with Crippen molar-refractivity contribution in [2.24, 2.45) is 0 Å². The fraction of sp³-hybridized carbons (Fsp3) is 0.583. The molecule has 7 nitrogen and oxygen atoms in total. The number of carbonyl (C=O) groups excluding carboxylic acids is 1. The third kappa shape index (κ3) is 4.61. The van der Waals surface area contributed by atoms with Gasteiger partial charge in [-0.05, 0) is 25.4 Å². The molecule has 0 saturated carbocycles. The lowest BCUT2D eigenvalue weighted by molar-refractivity contribution is -0.147. The van der Waals surface area contributed by atoms with Gasteiger partial charge in [0.15, 0.2) is 6.61 Å². The molecule has 1 aromatic rings. The summed E-state index contributed by atoms with van der Waals surface area (Å²) in [6.07, 6.45) is 0.669. The van der Waals surface area contributed by atoms with E-state index >= 15 is 0 Å². The normalized spacial score (nSPS) is 11.9. The van der Waals surface area contributed by atoms with E-state index in [1.165, 1.54) is 4.90 Å². The number of carbonyl (C=O) groups is 2. The molecule has 1 aromatic heterocycles. The minimum absolute atomic E-state index is 0.161. The molecule has 0 fully saturated rings. The molecular weight excluding hydrogens is 252 g/mol. The van der Waals surface area contributed by atoms with Crippen LogP contribution in [0.5, 0.6) is 5.88 Å². The van der Waals surface area contributed by atoms with Crippen molar-refractivity contribution in [1.29, 1.82) is 0 Å². The van der Waals surface area contributed by atoms with Crippen LogP contribution in [0.3, 0.4) is 0 Å². The number of carboxylic acids is 1. The summed E-state index contributed by atoms with van der Waals surface area (Å²) in [7, 11) is 0. The summed E-state index contributed by atoms with van der Waals surface area (Å²) < 4.78 is 9.95. The Hall–Kier alpha value is -2.05. The summed E-state index contributed by atoms with van der Waals surface area (Å²) >= 11 is 0. The number of amides is 1. The zero-order valence-electron chi connectivity index (χ0n) is 11.3. The number of ether oxygens (including phenoxy) is 1. The average Bonchev–Trinajstić information content (AvgIpc) is 2.77. The maximum absolute atomic E-state index is 11.9. The van der Waals surface area contributed by atoms with Crippen LogP contribution in [0.1, 0.15) is 26.0 Å². The van der Waals surface area contributed by atoms with Gasteiger partial charge in [0.25, 0.3) is 11.8 Å². The van der Waals surface area contributed by atoms with Crippen LogP contribution in [0.4, 0.5) is 0 Å². The molecule has 1 N–H and O–H groups in total. The van der Waals surface area contributed by atoms with Crippen LogP contribution in [0.25, 0.3) is 0 Å². The third-order valence-electron chi connectivity index (χ3n) is 2.70. The fourth-order valence-electron chi connectivity index (χ4n) is 1.49. The summed E-state index contributed by atoms with van der Waals surface area (Å²) in [4.78, 5) is 24.0. The number of rotatable bonds is 7. The van der Waals surface area contributed by atoms with Crippen molar-refractivity contribution < 1.29 is 24.0 Å². The molecule has 1 rings (SSSR count). The van der Waals surface area contributed by atoms with Crippen molar-refractivity contribution in [3.63, 3.8) is 0 Å². The Morgan fingerprint density at radius 1 is 1.58 bits per heavy atom. The minimum atomic E-state index is -1.05. The third-order valence-corrected chi connectivity index (χ3v) is 2.70. The van der Waals surface area contributed by atoms with E-state index in [0.29, 0.717) is 12.2 Å². The van der Waals surface area contributed by atoms with Gasteiger partial charge in [0, 0.05) is 12.1 Å². The lowest BCUT2D eigenvalue weighted by atomic mass is 10.2. The topological polar surface area (TPSA) is 92.9 Å². The molecule has 1 amide bonds. The molecule has 0 saturated heterocycles. The maximum atomic E-state index is 11.9. The van der Waals surface area contributed by atoms with Crippen molar-refractivity contribution in [3.05, 3.63) is 11.8 Å². The van der Waals surface area contributed by atoms with Gasteiger partial charge in [-0.2, -0.15) is 0 Å². The minimum Gasteiger partial charge on any atom is -0.480 e. The molecule has 0 aliphatic rings. The van der Waals surface area contributed by atoms with Gasteiger partial charge >= 0.3 is 5.97 Å². The SMILES string of the molecule is CCC(C)N(CC(=O)O)C(=O)COc1cc(C)on1. The summed E-state index contributed by atoms with van der Waals surface area (Å²) in [6.45, 7) is 4.78. The Labute approximate surface area is 111 Å². The van der Waals surface area contributed by atoms with Crippen LogP contribution in [0, 0.1) is 6.92 Å². The second-order valence-electron chi connectivity index (χ2n) is 4.24. The number of hydrogen-bond acceptors (Lipinski definition) is 5. The molecule has 0 spiro atoms. The first kappa shape index (κ1) is 15.0. The summed E-state index contributed by atoms with van der Waals surface area (Å²) in [5, 5.41) is 12.4. The lowest BCUT2D eigenvalue weighted by Gasteiger charge is -2.26. The molecule has 106 valence electrons. The van der Waals surface area contributed by atoms with E-state index in [1.807, 2.05) is 6.92 Å². The molecule has 1 atom stereocenters. The number of nitrogens with zero attached hydrogens (tertiary/aromatic N) is 2. The second-order valence-corrected chi connectivity index (χ2v) is 4.24. The summed E-state index contributed by atoms with van der Waals surface area (Å²) in [5.74, 6) is -0.652. The van der Waals surface area contributed by atoms with E-state index in [-0.39, 0.29) is 25.1 Å². The summed E-state index contributed by atoms with van der Waals surface area (Å²) in [6, 6.07) is 1.39. The van der Waals surface area contributed by atoms with Gasteiger partial charge in [0.1, 0.15) is 12.3 Å². The van der Waals surface area contributed by atoms with Gasteiger partial charge in [-0.1, -0.05) is 6.92 Å². The van der Waals surface area contributed by atoms with E-state index in [0.717, 1.165) is 0 Å². The maximum Gasteiger partial charge on any atom is 0.323 e. The van der Waals surface area contributed by atoms with Crippen LogP contribution in [0.15, 0.2) is 10.6 Å². The Kier molecular flexibility index (Phi) is 5.35. The first-order valence-electron chi connectivity index (χ1n) is 6.01. The molecule has 7 heteroatoms. The standard InChI is InChI=1S/C12H18N2O5/c1-4-8(2)14(6-12(16)17)11(15)7-18-10-5-9(3)19-13-10/h5,8H,4,6-7H2,1-3H3,(H,16,17). The molecule has 19 heavy (non-hydrogen) atoms. The molecule has 0 aliphatic heterocycles. The Balaban J connectivity index is 2.58. The highest BCUT2D eigenvalue weighted by atomic mass is 16.5. The van der Waals surface area contributed by atoms with E-state index in [1.54, 1.807) is 19.9 Å². The summed E-state index contributed by atoms with van der Waals surface area (Å²) in [5.41, 5.74) is 0. The molecule has 0 aliphatic carbocycles. The molecule has 0 aromatic carbocycles. The highest BCUT2D eigenvalue weighted by Crippen LogP contribution is 2.10. The predicted octanol–water partition coefficient (Wildman–Crippen LogP) is 1.07. The Morgan fingerprint density at radius 2 is 2.26 bits per heavy atom. The van der Waals surface area contributed by atoms with Crippen LogP contribution in [0.2, 0.25) is 0 Å². The lowest BCUT2D eigenvalue weighted by Crippen LogP contribution is -2.44. The first-order chi connectivity index (χ1) is 8.93. The Morgan fingerprint density at radius 3 is 2.74 bits per heavy atom. The van der Waals surface area contributed by atoms with Gasteiger partial charge in [-0.15, -0.1) is 0 Å². The number of hydrogen-bond donors (Lipinski definition) is 1. The second kappa shape index (κ2) is 6.77. The molecule has 0 radical (unpaired) electrons. The van der Waals surface area contributed by atoms with E-state index in [2.05, 4.69) is 5.16 Å². The van der Waals surface area contributed by atoms with Crippen LogP contribution >= 0.6 is 0 Å². The Bertz CT molecular complexity index is 443. The van der Waals surface area contributed by atoms with Gasteiger partial charge in [-0.3, -0.25) is 9.59 Å². The van der Waals surface area contributed by atoms with Crippen molar-refractivity contribution in [2.75, 3.05) is 13.2 Å². The van der Waals surface area contributed by atoms with Crippen molar-refractivity contribution in [3.8, 4) is 5.88 Å². The molecule has 1 unspecified atom stereocenters. The quantitative estimate of drug-likeness (QED) is 0.796. The molecular formula is C12H18N2O5. The van der Waals surface area contributed by atoms with Crippen molar-refractivity contribution >= 4 is 11.9 Å². The molecule has 1 heterocycles. The van der Waals surface area contributed by atoms with Crippen LogP contribution < -0.4 is 4.74 Å². The predicted molar refractivity (Wildman–Crippen MR) is 65.8 cm³/mol. The van der Waals surface area contributed by atoms with Crippen molar-refractivity contribution in [2.45, 2.75) is 33.2 Å². The van der Waals surface area contributed by atoms with Crippen LogP contribution in [-0.2, 0) is 9.59 Å². The van der Waals surface area contributed by atoms with Gasteiger partial charge in [0.05, 0.1) is 0 Å². The van der Waals surface area contributed by atoms with Crippen LogP contribution in [-0.4, -0.2) is 46.2 Å². The number of aryl methyl sites for hydroxylation is 1. The fourth-order valence-corrected chi connectivity index (χ4v) is 1.49. The van der Waals surface area contributed by atoms with Crippen molar-refractivity contribution in [1.82, 2.24) is 10.1 Å². The number of aromatic nitrogens is 1. The monoisotopic (exact) mass is 270 g/mol. The largest absolute Gasteiger partial charge is 0.480 e. The van der Waals surface area contributed by atoms with E-state index in [4.69, 9.17) is 14.4 Å². The average molecular weight is 270 g/mol. The number of carboxylic acid groups (broad SMARTS) is 1. The highest BCUT2D eigenvalue weighted by Gasteiger charge is 2.22.